The molecule has 90 valence electrons. The zero-order valence-corrected chi connectivity index (χ0v) is 10.00. The molecule has 0 spiro atoms. The van der Waals surface area contributed by atoms with Crippen LogP contribution in [0, 0.1) is 0 Å². The summed E-state index contributed by atoms with van der Waals surface area (Å²) >= 11 is 0. The number of rotatable bonds is 3. The highest BCUT2D eigenvalue weighted by Crippen LogP contribution is 2.09. The number of pyridine rings is 1. The van der Waals surface area contributed by atoms with Crippen LogP contribution in [0.5, 0.6) is 0 Å². The normalized spacial score (nSPS) is 11.1. The molecule has 0 atom stereocenters. The van der Waals surface area contributed by atoms with E-state index in [-0.39, 0.29) is 5.91 Å². The van der Waals surface area contributed by atoms with Crippen LogP contribution < -0.4 is 5.43 Å². The molecule has 4 nitrogen and oxygen atoms in total. The van der Waals surface area contributed by atoms with Crippen LogP contribution in [0.25, 0.3) is 0 Å². The predicted molar refractivity (Wildman–Crippen MR) is 70.1 cm³/mol. The number of aromatic nitrogens is 1. The summed E-state index contributed by atoms with van der Waals surface area (Å²) < 4.78 is 0. The Hall–Kier alpha value is -2.49. The van der Waals surface area contributed by atoms with Gasteiger partial charge in [0.05, 0.1) is 5.71 Å². The Labute approximate surface area is 105 Å². The lowest BCUT2D eigenvalue weighted by Gasteiger charge is -2.06. The average Bonchev–Trinajstić information content (AvgIpc) is 2.41. The molecule has 1 amide bonds. The summed E-state index contributed by atoms with van der Waals surface area (Å²) in [4.78, 5) is 15.0. The summed E-state index contributed by atoms with van der Waals surface area (Å²) in [5, 5.41) is 4.14. The van der Waals surface area contributed by atoms with Gasteiger partial charge in [0.25, 0.3) is 0 Å². The average molecular weight is 239 g/mol. The van der Waals surface area contributed by atoms with Crippen LogP contribution in [0.15, 0.2) is 60.0 Å². The maximum atomic E-state index is 11.0. The minimum absolute atomic E-state index is 0.202. The molecule has 2 rings (SSSR count). The van der Waals surface area contributed by atoms with Crippen LogP contribution in [0.2, 0.25) is 0 Å². The van der Waals surface area contributed by atoms with Gasteiger partial charge in [0.15, 0.2) is 0 Å². The van der Waals surface area contributed by atoms with Gasteiger partial charge in [-0.2, -0.15) is 5.10 Å². The molecule has 18 heavy (non-hydrogen) atoms. The molecule has 0 bridgehead atoms. The first-order valence-electron chi connectivity index (χ1n) is 5.57. The third-order valence-corrected chi connectivity index (χ3v) is 2.31. The molecule has 1 heterocycles. The Morgan fingerprint density at radius 1 is 1.11 bits per heavy atom. The van der Waals surface area contributed by atoms with Crippen molar-refractivity contribution in [3.63, 3.8) is 0 Å². The third kappa shape index (κ3) is 3.01. The highest BCUT2D eigenvalue weighted by atomic mass is 16.2. The molecule has 0 aliphatic rings. The fourth-order valence-electron chi connectivity index (χ4n) is 1.53. The number of carbonyl (C=O) groups is 1. The fraction of sp³-hybridized carbons (Fsp3) is 0.0714. The Balaban J connectivity index is 2.42. The van der Waals surface area contributed by atoms with Crippen LogP contribution in [0.1, 0.15) is 18.1 Å². The van der Waals surface area contributed by atoms with E-state index in [2.05, 4.69) is 15.5 Å². The highest BCUT2D eigenvalue weighted by molar-refractivity contribution is 6.12. The van der Waals surface area contributed by atoms with E-state index < -0.39 is 0 Å². The van der Waals surface area contributed by atoms with Crippen LogP contribution in [-0.4, -0.2) is 16.6 Å². The molecule has 1 aromatic heterocycles. The number of amides is 1. The second-order valence-corrected chi connectivity index (χ2v) is 3.74. The van der Waals surface area contributed by atoms with Crippen molar-refractivity contribution in [1.82, 2.24) is 10.4 Å². The van der Waals surface area contributed by atoms with E-state index in [9.17, 15) is 4.79 Å². The van der Waals surface area contributed by atoms with Crippen molar-refractivity contribution in [2.45, 2.75) is 6.92 Å². The van der Waals surface area contributed by atoms with Crippen LogP contribution in [-0.2, 0) is 4.79 Å². The van der Waals surface area contributed by atoms with E-state index in [1.165, 1.54) is 6.92 Å². The van der Waals surface area contributed by atoms with Gasteiger partial charge >= 0.3 is 0 Å². The van der Waals surface area contributed by atoms with Crippen molar-refractivity contribution in [3.8, 4) is 0 Å². The topological polar surface area (TPSA) is 54.4 Å². The Morgan fingerprint density at radius 2 is 1.83 bits per heavy atom. The second kappa shape index (κ2) is 5.72. The van der Waals surface area contributed by atoms with Gasteiger partial charge in [0.2, 0.25) is 5.91 Å². The largest absolute Gasteiger partial charge is 0.274 e. The van der Waals surface area contributed by atoms with E-state index in [1.807, 2.05) is 42.5 Å². The summed E-state index contributed by atoms with van der Waals surface area (Å²) in [6.45, 7) is 1.43. The number of hydrazone groups is 1. The van der Waals surface area contributed by atoms with Crippen molar-refractivity contribution in [1.29, 1.82) is 0 Å². The summed E-state index contributed by atoms with van der Waals surface area (Å²) in [6, 6.07) is 13.4. The van der Waals surface area contributed by atoms with Crippen molar-refractivity contribution >= 4 is 11.6 Å². The number of carbonyl (C=O) groups excluding carboxylic acids is 1. The zero-order chi connectivity index (χ0) is 12.8. The monoisotopic (exact) mass is 239 g/mol. The van der Waals surface area contributed by atoms with Crippen molar-refractivity contribution in [2.24, 2.45) is 5.10 Å². The van der Waals surface area contributed by atoms with Gasteiger partial charge in [0, 0.05) is 30.4 Å². The number of hydrogen-bond donors (Lipinski definition) is 1. The number of hydrogen-bond acceptors (Lipinski definition) is 3. The molecule has 1 aromatic carbocycles. The van der Waals surface area contributed by atoms with Crippen molar-refractivity contribution < 1.29 is 4.79 Å². The SMILES string of the molecule is CC(=O)NN=C(c1ccccc1)c1cccnc1. The molecule has 0 unspecified atom stereocenters. The summed E-state index contributed by atoms with van der Waals surface area (Å²) in [6.07, 6.45) is 3.41. The van der Waals surface area contributed by atoms with Crippen molar-refractivity contribution in [3.05, 3.63) is 66.0 Å². The Kier molecular flexibility index (Phi) is 3.81. The first-order valence-corrected chi connectivity index (χ1v) is 5.57. The minimum Gasteiger partial charge on any atom is -0.274 e. The molecule has 4 heteroatoms. The summed E-state index contributed by atoms with van der Waals surface area (Å²) in [5.41, 5.74) is 4.95. The molecular weight excluding hydrogens is 226 g/mol. The van der Waals surface area contributed by atoms with E-state index in [1.54, 1.807) is 12.4 Å². The zero-order valence-electron chi connectivity index (χ0n) is 10.00. The van der Waals surface area contributed by atoms with Gasteiger partial charge in [0.1, 0.15) is 0 Å². The maximum Gasteiger partial charge on any atom is 0.236 e. The summed E-state index contributed by atoms with van der Waals surface area (Å²) in [7, 11) is 0. The van der Waals surface area contributed by atoms with E-state index in [4.69, 9.17) is 0 Å². The summed E-state index contributed by atoms with van der Waals surface area (Å²) in [5.74, 6) is -0.202. The molecule has 0 fully saturated rings. The van der Waals surface area contributed by atoms with Gasteiger partial charge in [-0.15, -0.1) is 0 Å². The molecular formula is C14H13N3O. The predicted octanol–water partition coefficient (Wildman–Crippen LogP) is 1.97. The minimum atomic E-state index is -0.202. The molecule has 0 radical (unpaired) electrons. The van der Waals surface area contributed by atoms with Gasteiger partial charge < -0.3 is 0 Å². The van der Waals surface area contributed by atoms with Gasteiger partial charge in [-0.3, -0.25) is 9.78 Å². The number of benzene rings is 1. The molecule has 0 aliphatic carbocycles. The lowest BCUT2D eigenvalue weighted by Crippen LogP contribution is -2.17. The highest BCUT2D eigenvalue weighted by Gasteiger charge is 2.06. The van der Waals surface area contributed by atoms with Crippen LogP contribution in [0.4, 0.5) is 0 Å². The van der Waals surface area contributed by atoms with Crippen LogP contribution >= 0.6 is 0 Å². The molecule has 0 saturated carbocycles. The number of nitrogens with zero attached hydrogens (tertiary/aromatic N) is 2. The Bertz CT molecular complexity index is 508. The van der Waals surface area contributed by atoms with E-state index in [0.717, 1.165) is 11.1 Å². The van der Waals surface area contributed by atoms with Crippen molar-refractivity contribution in [2.75, 3.05) is 0 Å². The lowest BCUT2D eigenvalue weighted by molar-refractivity contribution is -0.118. The third-order valence-electron chi connectivity index (χ3n) is 2.31. The molecule has 0 aliphatic heterocycles. The Morgan fingerprint density at radius 3 is 2.44 bits per heavy atom. The molecule has 0 saturated heterocycles. The first kappa shape index (κ1) is 12.0. The van der Waals surface area contributed by atoms with E-state index in [0.29, 0.717) is 5.71 Å². The smallest absolute Gasteiger partial charge is 0.236 e. The first-order chi connectivity index (χ1) is 8.77. The quantitative estimate of drug-likeness (QED) is 0.657. The van der Waals surface area contributed by atoms with E-state index >= 15 is 0 Å². The second-order valence-electron chi connectivity index (χ2n) is 3.74. The molecule has 1 N–H and O–H groups in total. The van der Waals surface area contributed by atoms with Gasteiger partial charge in [-0.05, 0) is 12.1 Å². The van der Waals surface area contributed by atoms with Gasteiger partial charge in [-0.1, -0.05) is 30.3 Å². The standard InChI is InChI=1S/C14H13N3O/c1-11(18)16-17-14(12-6-3-2-4-7-12)13-8-5-9-15-10-13/h2-10H,1H3,(H,16,18). The fourth-order valence-corrected chi connectivity index (χ4v) is 1.53. The molecule has 2 aromatic rings. The van der Waals surface area contributed by atoms with Gasteiger partial charge in [-0.25, -0.2) is 5.43 Å². The number of nitrogens with one attached hydrogen (secondary N) is 1. The lowest BCUT2D eigenvalue weighted by atomic mass is 10.0. The maximum absolute atomic E-state index is 11.0. The van der Waals surface area contributed by atoms with Crippen LogP contribution in [0.3, 0.4) is 0 Å².